The Morgan fingerprint density at radius 2 is 2.12 bits per heavy atom. The molecule has 0 saturated carbocycles. The number of ether oxygens (including phenoxy) is 2. The van der Waals surface area contributed by atoms with Crippen molar-refractivity contribution in [1.82, 2.24) is 30.1 Å². The number of aromatic nitrogens is 5. The molecule has 10 nitrogen and oxygen atoms in total. The summed E-state index contributed by atoms with van der Waals surface area (Å²) in [6.07, 6.45) is 1.33. The molecule has 3 rings (SSSR count). The quantitative estimate of drug-likeness (QED) is 0.410. The largest absolute Gasteiger partial charge is 0.494 e. The highest BCUT2D eigenvalue weighted by molar-refractivity contribution is 5.80. The van der Waals surface area contributed by atoms with Gasteiger partial charge in [-0.1, -0.05) is 6.92 Å². The fourth-order valence-corrected chi connectivity index (χ4v) is 3.83. The Kier molecular flexibility index (Phi) is 8.72. The van der Waals surface area contributed by atoms with Crippen molar-refractivity contribution in [2.45, 2.75) is 45.8 Å². The van der Waals surface area contributed by atoms with Gasteiger partial charge in [-0.15, -0.1) is 5.10 Å². The van der Waals surface area contributed by atoms with Crippen LogP contribution in [-0.2, 0) is 17.8 Å². The van der Waals surface area contributed by atoms with Gasteiger partial charge in [-0.3, -0.25) is 9.69 Å². The number of aliphatic hydroxyl groups excluding tert-OH is 1. The highest BCUT2D eigenvalue weighted by Crippen LogP contribution is 2.25. The van der Waals surface area contributed by atoms with Crippen molar-refractivity contribution >= 4 is 10.9 Å². The molecule has 10 heteroatoms. The lowest BCUT2D eigenvalue weighted by Gasteiger charge is -2.30. The summed E-state index contributed by atoms with van der Waals surface area (Å²) in [6, 6.07) is 7.43. The molecule has 0 amide bonds. The minimum Gasteiger partial charge on any atom is -0.494 e. The average Bonchev–Trinajstić information content (AvgIpc) is 3.25. The highest BCUT2D eigenvalue weighted by atomic mass is 16.5. The third-order valence-corrected chi connectivity index (χ3v) is 5.37. The lowest BCUT2D eigenvalue weighted by Crippen LogP contribution is -2.34. The third-order valence-electron chi connectivity index (χ3n) is 5.37. The average molecular weight is 445 g/mol. The van der Waals surface area contributed by atoms with Crippen LogP contribution in [0, 0.1) is 0 Å². The molecule has 32 heavy (non-hydrogen) atoms. The van der Waals surface area contributed by atoms with Gasteiger partial charge in [-0.25, -0.2) is 4.68 Å². The number of hydrogen-bond acceptors (Lipinski definition) is 8. The Hall–Kier alpha value is -2.82. The molecule has 2 heterocycles. The molecule has 0 fully saturated rings. The number of methoxy groups -OCH3 is 1. The molecule has 0 saturated heterocycles. The van der Waals surface area contributed by atoms with Gasteiger partial charge in [0, 0.05) is 43.3 Å². The number of fused-ring (bicyclic) bond motifs is 1. The first kappa shape index (κ1) is 23.8. The van der Waals surface area contributed by atoms with Crippen molar-refractivity contribution < 1.29 is 14.6 Å². The number of pyridine rings is 1. The second-order valence-corrected chi connectivity index (χ2v) is 7.53. The van der Waals surface area contributed by atoms with E-state index in [2.05, 4.69) is 32.3 Å². The first-order valence-corrected chi connectivity index (χ1v) is 11.0. The molecular weight excluding hydrogens is 412 g/mol. The zero-order chi connectivity index (χ0) is 22.9. The molecule has 2 N–H and O–H groups in total. The van der Waals surface area contributed by atoms with Gasteiger partial charge in [0.1, 0.15) is 5.75 Å². The van der Waals surface area contributed by atoms with Crippen molar-refractivity contribution in [3.05, 3.63) is 46.0 Å². The maximum Gasteiger partial charge on any atom is 0.252 e. The molecule has 0 aliphatic heterocycles. The number of nitrogens with zero attached hydrogens (tertiary/aromatic N) is 5. The maximum atomic E-state index is 12.8. The Bertz CT molecular complexity index is 1050. The van der Waals surface area contributed by atoms with Crippen LogP contribution in [-0.4, -0.2) is 68.7 Å². The number of aliphatic hydroxyl groups is 1. The second kappa shape index (κ2) is 11.7. The maximum absolute atomic E-state index is 12.8. The smallest absolute Gasteiger partial charge is 0.252 e. The van der Waals surface area contributed by atoms with Gasteiger partial charge < -0.3 is 19.6 Å². The van der Waals surface area contributed by atoms with Gasteiger partial charge in [0.15, 0.2) is 5.82 Å². The lowest BCUT2D eigenvalue weighted by molar-refractivity contribution is 0.145. The van der Waals surface area contributed by atoms with Crippen LogP contribution in [0.4, 0.5) is 0 Å². The normalized spacial score (nSPS) is 12.5. The van der Waals surface area contributed by atoms with Crippen molar-refractivity contribution in [2.24, 2.45) is 0 Å². The first-order chi connectivity index (χ1) is 15.6. The minimum absolute atomic E-state index is 0.0628. The van der Waals surface area contributed by atoms with Gasteiger partial charge in [0.2, 0.25) is 0 Å². The zero-order valence-electron chi connectivity index (χ0n) is 19.0. The number of rotatable bonds is 13. The summed E-state index contributed by atoms with van der Waals surface area (Å²) in [5.41, 5.74) is 1.27. The van der Waals surface area contributed by atoms with E-state index in [4.69, 9.17) is 9.47 Å². The predicted octanol–water partition coefficient (Wildman–Crippen LogP) is 1.90. The van der Waals surface area contributed by atoms with Crippen LogP contribution in [0.3, 0.4) is 0 Å². The highest BCUT2D eigenvalue weighted by Gasteiger charge is 2.25. The fourth-order valence-electron chi connectivity index (χ4n) is 3.83. The molecule has 1 atom stereocenters. The van der Waals surface area contributed by atoms with Crippen molar-refractivity contribution in [3.63, 3.8) is 0 Å². The van der Waals surface area contributed by atoms with E-state index in [0.717, 1.165) is 28.9 Å². The molecule has 1 aromatic carbocycles. The first-order valence-electron chi connectivity index (χ1n) is 11.0. The van der Waals surface area contributed by atoms with Crippen LogP contribution >= 0.6 is 0 Å². The zero-order valence-corrected chi connectivity index (χ0v) is 19.0. The van der Waals surface area contributed by atoms with E-state index in [1.54, 1.807) is 11.8 Å². The van der Waals surface area contributed by atoms with Crippen LogP contribution in [0.1, 0.15) is 44.1 Å². The van der Waals surface area contributed by atoms with E-state index in [-0.39, 0.29) is 18.2 Å². The van der Waals surface area contributed by atoms with Crippen LogP contribution in [0.2, 0.25) is 0 Å². The summed E-state index contributed by atoms with van der Waals surface area (Å²) < 4.78 is 12.5. The topological polar surface area (TPSA) is 118 Å². The summed E-state index contributed by atoms with van der Waals surface area (Å²) in [7, 11) is 1.64. The van der Waals surface area contributed by atoms with Crippen LogP contribution in [0.15, 0.2) is 29.1 Å². The van der Waals surface area contributed by atoms with Gasteiger partial charge in [-0.05, 0) is 54.5 Å². The Labute approximate surface area is 187 Å². The molecule has 3 aromatic rings. The van der Waals surface area contributed by atoms with E-state index in [1.165, 1.54) is 0 Å². The monoisotopic (exact) mass is 444 g/mol. The van der Waals surface area contributed by atoms with Crippen LogP contribution in [0.5, 0.6) is 5.75 Å². The molecule has 0 aliphatic rings. The van der Waals surface area contributed by atoms with Crippen molar-refractivity contribution in [3.8, 4) is 5.75 Å². The summed E-state index contributed by atoms with van der Waals surface area (Å²) in [5, 5.41) is 22.6. The number of nitrogens with one attached hydrogen (secondary N) is 1. The SMILES string of the molecule is CCOc1ccc2[nH]c(=O)c(CN(CCCO)[C@@H](CC)c3nnnn3CCOC)cc2c1. The molecule has 174 valence electrons. The third kappa shape index (κ3) is 5.70. The van der Waals surface area contributed by atoms with Gasteiger partial charge >= 0.3 is 0 Å². The summed E-state index contributed by atoms with van der Waals surface area (Å²) in [5.74, 6) is 1.48. The van der Waals surface area contributed by atoms with Gasteiger partial charge in [0.25, 0.3) is 5.56 Å². The van der Waals surface area contributed by atoms with Crippen LogP contribution < -0.4 is 10.3 Å². The molecule has 0 spiro atoms. The molecule has 2 aromatic heterocycles. The predicted molar refractivity (Wildman–Crippen MR) is 121 cm³/mol. The van der Waals surface area contributed by atoms with E-state index in [1.807, 2.05) is 31.2 Å². The van der Waals surface area contributed by atoms with Crippen LogP contribution in [0.25, 0.3) is 10.9 Å². The number of benzene rings is 1. The molecule has 0 radical (unpaired) electrons. The summed E-state index contributed by atoms with van der Waals surface area (Å²) >= 11 is 0. The molecular formula is C22H32N6O4. The summed E-state index contributed by atoms with van der Waals surface area (Å²) in [6.45, 7) is 6.68. The van der Waals surface area contributed by atoms with E-state index < -0.39 is 0 Å². The molecule has 0 unspecified atom stereocenters. The van der Waals surface area contributed by atoms with Gasteiger partial charge in [-0.2, -0.15) is 0 Å². The van der Waals surface area contributed by atoms with Crippen molar-refractivity contribution in [1.29, 1.82) is 0 Å². The number of tetrazole rings is 1. The lowest BCUT2D eigenvalue weighted by atomic mass is 10.1. The fraction of sp³-hybridized carbons (Fsp3) is 0.545. The standard InChI is InChI=1S/C22H32N6O4/c1-4-20(21-24-25-26-28(21)10-12-31-3)27(9-6-11-29)15-17-13-16-14-18(32-5-2)7-8-19(16)23-22(17)30/h7-8,13-14,20,29H,4-6,9-12,15H2,1-3H3,(H,23,30)/t20-/m0/s1. The number of hydrogen-bond donors (Lipinski definition) is 2. The number of H-pyrrole nitrogens is 1. The van der Waals surface area contributed by atoms with E-state index in [9.17, 15) is 9.90 Å². The molecule has 0 aliphatic carbocycles. The van der Waals surface area contributed by atoms with E-state index >= 15 is 0 Å². The number of aromatic amines is 1. The minimum atomic E-state index is -0.135. The Balaban J connectivity index is 1.93. The van der Waals surface area contributed by atoms with E-state index in [0.29, 0.717) is 44.8 Å². The Morgan fingerprint density at radius 3 is 2.84 bits per heavy atom. The van der Waals surface area contributed by atoms with Gasteiger partial charge in [0.05, 0.1) is 25.8 Å². The van der Waals surface area contributed by atoms with Crippen molar-refractivity contribution in [2.75, 3.05) is 33.5 Å². The summed E-state index contributed by atoms with van der Waals surface area (Å²) in [4.78, 5) is 18.0. The Morgan fingerprint density at radius 1 is 1.28 bits per heavy atom. The molecule has 0 bridgehead atoms. The second-order valence-electron chi connectivity index (χ2n) is 7.53.